The van der Waals surface area contributed by atoms with Gasteiger partial charge in [-0.25, -0.2) is 4.39 Å². The molecule has 0 saturated carbocycles. The lowest BCUT2D eigenvalue weighted by Crippen LogP contribution is -2.46. The van der Waals surface area contributed by atoms with Crippen molar-refractivity contribution < 1.29 is 9.13 Å². The molecule has 0 spiro atoms. The van der Waals surface area contributed by atoms with E-state index in [0.717, 1.165) is 12.0 Å². The molecule has 0 amide bonds. The number of hydrogen-bond donors (Lipinski definition) is 2. The average Bonchev–Trinajstić information content (AvgIpc) is 2.29. The van der Waals surface area contributed by atoms with Crippen LogP contribution in [0.2, 0.25) is 0 Å². The van der Waals surface area contributed by atoms with Gasteiger partial charge >= 0.3 is 0 Å². The minimum Gasteiger partial charge on any atom is -0.380 e. The summed E-state index contributed by atoms with van der Waals surface area (Å²) in [5, 5.41) is 0. The number of hydrogen-bond acceptors (Lipinski definition) is 3. The molecular formula is C12H19FN2O. The summed E-state index contributed by atoms with van der Waals surface area (Å²) >= 11 is 0. The summed E-state index contributed by atoms with van der Waals surface area (Å²) in [7, 11) is 1.66. The maximum atomic E-state index is 13.0. The van der Waals surface area contributed by atoms with Crippen LogP contribution >= 0.6 is 0 Å². The first kappa shape index (κ1) is 13.1. The summed E-state index contributed by atoms with van der Waals surface area (Å²) in [4.78, 5) is 0. The number of rotatable bonds is 6. The molecule has 2 atom stereocenters. The van der Waals surface area contributed by atoms with Gasteiger partial charge in [-0.2, -0.15) is 0 Å². The Balaban J connectivity index is 2.69. The van der Waals surface area contributed by atoms with E-state index in [2.05, 4.69) is 5.43 Å². The molecule has 90 valence electrons. The topological polar surface area (TPSA) is 47.3 Å². The zero-order valence-electron chi connectivity index (χ0n) is 9.74. The number of hydrazine groups is 1. The zero-order valence-corrected chi connectivity index (χ0v) is 9.74. The number of halogens is 1. The van der Waals surface area contributed by atoms with E-state index in [9.17, 15) is 4.39 Å². The number of nitrogens with one attached hydrogen (secondary N) is 1. The zero-order chi connectivity index (χ0) is 12.0. The Hall–Kier alpha value is -0.970. The van der Waals surface area contributed by atoms with Crippen LogP contribution in [-0.2, 0) is 11.2 Å². The first-order chi connectivity index (χ1) is 7.71. The van der Waals surface area contributed by atoms with Gasteiger partial charge in [0.2, 0.25) is 0 Å². The third kappa shape index (κ3) is 3.56. The van der Waals surface area contributed by atoms with Crippen LogP contribution in [0, 0.1) is 5.82 Å². The Morgan fingerprint density at radius 1 is 1.50 bits per heavy atom. The highest BCUT2D eigenvalue weighted by molar-refractivity contribution is 5.17. The quantitative estimate of drug-likeness (QED) is 0.572. The monoisotopic (exact) mass is 226 g/mol. The maximum absolute atomic E-state index is 13.0. The minimum atomic E-state index is -0.223. The predicted molar refractivity (Wildman–Crippen MR) is 62.3 cm³/mol. The number of ether oxygens (including phenoxy) is 1. The molecule has 0 aliphatic heterocycles. The lowest BCUT2D eigenvalue weighted by Gasteiger charge is -2.24. The number of benzene rings is 1. The molecule has 1 aromatic rings. The summed E-state index contributed by atoms with van der Waals surface area (Å²) in [6.45, 7) is 2.03. The van der Waals surface area contributed by atoms with E-state index < -0.39 is 0 Å². The predicted octanol–water partition coefficient (Wildman–Crippen LogP) is 1.63. The summed E-state index contributed by atoms with van der Waals surface area (Å²) in [6.07, 6.45) is 1.55. The van der Waals surface area contributed by atoms with Crippen molar-refractivity contribution in [2.45, 2.75) is 31.9 Å². The van der Waals surface area contributed by atoms with Crippen LogP contribution in [-0.4, -0.2) is 19.3 Å². The van der Waals surface area contributed by atoms with E-state index in [1.54, 1.807) is 13.2 Å². The minimum absolute atomic E-state index is 0.00296. The van der Waals surface area contributed by atoms with Gasteiger partial charge in [0.25, 0.3) is 0 Å². The highest BCUT2D eigenvalue weighted by Crippen LogP contribution is 2.11. The first-order valence-electron chi connectivity index (χ1n) is 5.44. The van der Waals surface area contributed by atoms with Gasteiger partial charge in [0.05, 0.1) is 12.1 Å². The molecule has 4 heteroatoms. The maximum Gasteiger partial charge on any atom is 0.123 e. The fourth-order valence-corrected chi connectivity index (χ4v) is 1.83. The summed E-state index contributed by atoms with van der Waals surface area (Å²) in [5.74, 6) is 5.26. The van der Waals surface area contributed by atoms with Crippen LogP contribution < -0.4 is 11.3 Å². The van der Waals surface area contributed by atoms with Gasteiger partial charge in [0.15, 0.2) is 0 Å². The Morgan fingerprint density at radius 3 is 2.75 bits per heavy atom. The Labute approximate surface area is 95.8 Å². The van der Waals surface area contributed by atoms with Crippen molar-refractivity contribution in [3.05, 3.63) is 35.6 Å². The van der Waals surface area contributed by atoms with E-state index in [0.29, 0.717) is 6.42 Å². The molecule has 0 heterocycles. The molecule has 1 aromatic carbocycles. The van der Waals surface area contributed by atoms with Crippen molar-refractivity contribution in [3.63, 3.8) is 0 Å². The molecule has 3 N–H and O–H groups in total. The number of methoxy groups -OCH3 is 1. The normalized spacial score (nSPS) is 14.8. The largest absolute Gasteiger partial charge is 0.380 e. The lowest BCUT2D eigenvalue weighted by atomic mass is 10.00. The molecule has 0 aliphatic rings. The van der Waals surface area contributed by atoms with Gasteiger partial charge in [-0.15, -0.1) is 0 Å². The van der Waals surface area contributed by atoms with Crippen LogP contribution in [0.3, 0.4) is 0 Å². The molecular weight excluding hydrogens is 207 g/mol. The fourth-order valence-electron chi connectivity index (χ4n) is 1.83. The second-order valence-electron chi connectivity index (χ2n) is 3.79. The van der Waals surface area contributed by atoms with Gasteiger partial charge in [-0.05, 0) is 30.5 Å². The van der Waals surface area contributed by atoms with E-state index >= 15 is 0 Å². The van der Waals surface area contributed by atoms with Gasteiger partial charge in [-0.3, -0.25) is 11.3 Å². The summed E-state index contributed by atoms with van der Waals surface area (Å²) in [5.41, 5.74) is 3.64. The van der Waals surface area contributed by atoms with Crippen LogP contribution in [0.4, 0.5) is 4.39 Å². The SMILES string of the molecule is CCC(OC)C(Cc1cccc(F)c1)NN. The molecule has 3 nitrogen and oxygen atoms in total. The van der Waals surface area contributed by atoms with Gasteiger partial charge in [-0.1, -0.05) is 19.1 Å². The highest BCUT2D eigenvalue weighted by Gasteiger charge is 2.18. The van der Waals surface area contributed by atoms with Crippen molar-refractivity contribution in [3.8, 4) is 0 Å². The first-order valence-corrected chi connectivity index (χ1v) is 5.44. The van der Waals surface area contributed by atoms with Crippen LogP contribution in [0.15, 0.2) is 24.3 Å². The van der Waals surface area contributed by atoms with Crippen LogP contribution in [0.1, 0.15) is 18.9 Å². The van der Waals surface area contributed by atoms with Crippen LogP contribution in [0.25, 0.3) is 0 Å². The molecule has 0 aromatic heterocycles. The highest BCUT2D eigenvalue weighted by atomic mass is 19.1. The molecule has 1 rings (SSSR count). The van der Waals surface area contributed by atoms with Crippen molar-refractivity contribution >= 4 is 0 Å². The number of nitrogens with two attached hydrogens (primary N) is 1. The van der Waals surface area contributed by atoms with Crippen molar-refractivity contribution in [1.29, 1.82) is 0 Å². The average molecular weight is 226 g/mol. The Morgan fingerprint density at radius 2 is 2.25 bits per heavy atom. The molecule has 0 bridgehead atoms. The Bertz CT molecular complexity index is 316. The summed E-state index contributed by atoms with van der Waals surface area (Å²) < 4.78 is 18.3. The van der Waals surface area contributed by atoms with Gasteiger partial charge < -0.3 is 4.74 Å². The molecule has 2 unspecified atom stereocenters. The van der Waals surface area contributed by atoms with E-state index in [4.69, 9.17) is 10.6 Å². The molecule has 0 fully saturated rings. The van der Waals surface area contributed by atoms with E-state index in [1.807, 2.05) is 13.0 Å². The van der Waals surface area contributed by atoms with Gasteiger partial charge in [0, 0.05) is 7.11 Å². The molecule has 0 aliphatic carbocycles. The van der Waals surface area contributed by atoms with Gasteiger partial charge in [0.1, 0.15) is 5.82 Å². The molecule has 0 radical (unpaired) electrons. The smallest absolute Gasteiger partial charge is 0.123 e. The third-order valence-electron chi connectivity index (χ3n) is 2.71. The second kappa shape index (κ2) is 6.58. The molecule has 0 saturated heterocycles. The Kier molecular flexibility index (Phi) is 5.38. The van der Waals surface area contributed by atoms with Crippen molar-refractivity contribution in [2.24, 2.45) is 5.84 Å². The van der Waals surface area contributed by atoms with E-state index in [-0.39, 0.29) is 18.0 Å². The van der Waals surface area contributed by atoms with E-state index in [1.165, 1.54) is 12.1 Å². The standard InChI is InChI=1S/C12H19FN2O/c1-3-12(16-2)11(15-14)8-9-5-4-6-10(13)7-9/h4-7,11-12,15H,3,8,14H2,1-2H3. The summed E-state index contributed by atoms with van der Waals surface area (Å²) in [6, 6.07) is 6.54. The third-order valence-corrected chi connectivity index (χ3v) is 2.71. The fraction of sp³-hybridized carbons (Fsp3) is 0.500. The van der Waals surface area contributed by atoms with Crippen molar-refractivity contribution in [2.75, 3.05) is 7.11 Å². The van der Waals surface area contributed by atoms with Crippen LogP contribution in [0.5, 0.6) is 0 Å². The second-order valence-corrected chi connectivity index (χ2v) is 3.79. The lowest BCUT2D eigenvalue weighted by molar-refractivity contribution is 0.0653. The van der Waals surface area contributed by atoms with Crippen molar-refractivity contribution in [1.82, 2.24) is 5.43 Å². The molecule has 16 heavy (non-hydrogen) atoms.